The summed E-state index contributed by atoms with van der Waals surface area (Å²) in [5.74, 6) is -1.33. The number of aromatic nitrogens is 1. The highest BCUT2D eigenvalue weighted by Crippen LogP contribution is 2.16. The van der Waals surface area contributed by atoms with E-state index in [2.05, 4.69) is 10.3 Å². The lowest BCUT2D eigenvalue weighted by atomic mass is 10.1. The molecule has 2 aromatic rings. The van der Waals surface area contributed by atoms with E-state index in [0.29, 0.717) is 5.69 Å². The highest BCUT2D eigenvalue weighted by molar-refractivity contribution is 6.41. The zero-order valence-electron chi connectivity index (χ0n) is 10.3. The molecule has 1 aromatic heterocycles. The Balaban J connectivity index is 2.22. The van der Waals surface area contributed by atoms with Gasteiger partial charge in [-0.15, -0.1) is 0 Å². The molecule has 0 aliphatic heterocycles. The van der Waals surface area contributed by atoms with Gasteiger partial charge in [0.1, 0.15) is 0 Å². The van der Waals surface area contributed by atoms with E-state index in [4.69, 9.17) is 0 Å². The van der Waals surface area contributed by atoms with Crippen molar-refractivity contribution >= 4 is 28.3 Å². The fraction of sp³-hybridized carbons (Fsp3) is 0.214. The number of ketones is 1. The molecule has 0 bridgehead atoms. The summed E-state index contributed by atoms with van der Waals surface area (Å²) in [6, 6.07) is 9.39. The average molecular weight is 242 g/mol. The van der Waals surface area contributed by atoms with Gasteiger partial charge in [0.25, 0.3) is 5.91 Å². The molecular formula is C14H14N2O2. The minimum absolute atomic E-state index is 0.307. The number of rotatable bonds is 3. The van der Waals surface area contributed by atoms with Crippen LogP contribution in [-0.4, -0.2) is 16.7 Å². The van der Waals surface area contributed by atoms with Crippen LogP contribution in [0.1, 0.15) is 13.8 Å². The first-order valence-electron chi connectivity index (χ1n) is 5.78. The van der Waals surface area contributed by atoms with Crippen LogP contribution in [0.2, 0.25) is 0 Å². The summed E-state index contributed by atoms with van der Waals surface area (Å²) in [6.45, 7) is 3.39. The molecule has 0 radical (unpaired) electrons. The predicted molar refractivity (Wildman–Crippen MR) is 70.2 cm³/mol. The molecule has 1 N–H and O–H groups in total. The molecule has 0 aliphatic carbocycles. The summed E-state index contributed by atoms with van der Waals surface area (Å²) in [6.07, 6.45) is 1.55. The molecular weight excluding hydrogens is 228 g/mol. The van der Waals surface area contributed by atoms with E-state index < -0.39 is 11.7 Å². The van der Waals surface area contributed by atoms with Gasteiger partial charge in [0.15, 0.2) is 0 Å². The summed E-state index contributed by atoms with van der Waals surface area (Å²) in [5, 5.41) is 3.49. The molecule has 2 rings (SSSR count). The maximum absolute atomic E-state index is 11.6. The molecule has 1 amide bonds. The Kier molecular flexibility index (Phi) is 3.37. The number of amides is 1. The SMILES string of the molecule is CC(C)C(=O)C(=O)Nc1cnc2ccccc2c1. The van der Waals surface area contributed by atoms with E-state index in [9.17, 15) is 9.59 Å². The quantitative estimate of drug-likeness (QED) is 0.841. The molecule has 4 nitrogen and oxygen atoms in total. The second kappa shape index (κ2) is 4.96. The van der Waals surface area contributed by atoms with Crippen molar-refractivity contribution in [3.8, 4) is 0 Å². The molecule has 0 saturated carbocycles. The number of nitrogens with one attached hydrogen (secondary N) is 1. The van der Waals surface area contributed by atoms with Gasteiger partial charge in [-0.05, 0) is 12.1 Å². The van der Waals surface area contributed by atoms with Gasteiger partial charge in [-0.3, -0.25) is 14.6 Å². The standard InChI is InChI=1S/C14H14N2O2/c1-9(2)13(17)14(18)16-11-7-10-5-3-4-6-12(10)15-8-11/h3-9H,1-2H3,(H,16,18). The van der Waals surface area contributed by atoms with Crippen molar-refractivity contribution in [2.24, 2.45) is 5.92 Å². The van der Waals surface area contributed by atoms with Crippen LogP contribution in [-0.2, 0) is 9.59 Å². The number of anilines is 1. The monoisotopic (exact) mass is 242 g/mol. The van der Waals surface area contributed by atoms with Crippen molar-refractivity contribution in [3.63, 3.8) is 0 Å². The fourth-order valence-corrected chi connectivity index (χ4v) is 1.59. The number of Topliss-reactive ketones (excluding diaryl/α,β-unsaturated/α-hetero) is 1. The summed E-state index contributed by atoms with van der Waals surface area (Å²) in [7, 11) is 0. The van der Waals surface area contributed by atoms with E-state index in [1.807, 2.05) is 24.3 Å². The molecule has 1 aromatic carbocycles. The fourth-order valence-electron chi connectivity index (χ4n) is 1.59. The van der Waals surface area contributed by atoms with Crippen LogP contribution >= 0.6 is 0 Å². The Hall–Kier alpha value is -2.23. The number of carbonyl (C=O) groups excluding carboxylic acids is 2. The van der Waals surface area contributed by atoms with Crippen LogP contribution in [0, 0.1) is 5.92 Å². The summed E-state index contributed by atoms with van der Waals surface area (Å²) < 4.78 is 0. The normalized spacial score (nSPS) is 10.6. The molecule has 0 spiro atoms. The van der Waals surface area contributed by atoms with Gasteiger partial charge in [-0.1, -0.05) is 32.0 Å². The van der Waals surface area contributed by atoms with Crippen LogP contribution in [0.5, 0.6) is 0 Å². The lowest BCUT2D eigenvalue weighted by Crippen LogP contribution is -2.26. The maximum atomic E-state index is 11.6. The molecule has 0 unspecified atom stereocenters. The van der Waals surface area contributed by atoms with Crippen LogP contribution in [0.25, 0.3) is 10.9 Å². The van der Waals surface area contributed by atoms with Crippen molar-refractivity contribution in [2.45, 2.75) is 13.8 Å². The second-order valence-corrected chi connectivity index (χ2v) is 4.39. The van der Waals surface area contributed by atoms with Crippen LogP contribution in [0.4, 0.5) is 5.69 Å². The van der Waals surface area contributed by atoms with Gasteiger partial charge in [0, 0.05) is 11.3 Å². The average Bonchev–Trinajstić information content (AvgIpc) is 2.37. The molecule has 92 valence electrons. The third kappa shape index (κ3) is 2.53. The molecule has 4 heteroatoms. The number of hydrogen-bond donors (Lipinski definition) is 1. The Morgan fingerprint density at radius 3 is 2.67 bits per heavy atom. The van der Waals surface area contributed by atoms with Gasteiger partial charge < -0.3 is 5.32 Å². The maximum Gasteiger partial charge on any atom is 0.292 e. The smallest absolute Gasteiger partial charge is 0.292 e. The van der Waals surface area contributed by atoms with E-state index in [0.717, 1.165) is 10.9 Å². The lowest BCUT2D eigenvalue weighted by Gasteiger charge is -2.06. The van der Waals surface area contributed by atoms with Gasteiger partial charge in [0.05, 0.1) is 17.4 Å². The molecule has 0 fully saturated rings. The number of hydrogen-bond acceptors (Lipinski definition) is 3. The van der Waals surface area contributed by atoms with Gasteiger partial charge in [-0.2, -0.15) is 0 Å². The minimum Gasteiger partial charge on any atom is -0.318 e. The largest absolute Gasteiger partial charge is 0.318 e. The Morgan fingerprint density at radius 1 is 1.22 bits per heavy atom. The van der Waals surface area contributed by atoms with E-state index in [1.54, 1.807) is 26.1 Å². The van der Waals surface area contributed by atoms with Crippen molar-refractivity contribution in [1.29, 1.82) is 0 Å². The van der Waals surface area contributed by atoms with Gasteiger partial charge >= 0.3 is 0 Å². The predicted octanol–water partition coefficient (Wildman–Crippen LogP) is 2.40. The van der Waals surface area contributed by atoms with E-state index >= 15 is 0 Å². The summed E-state index contributed by atoms with van der Waals surface area (Å²) in [4.78, 5) is 27.3. The highest BCUT2D eigenvalue weighted by atomic mass is 16.2. The highest BCUT2D eigenvalue weighted by Gasteiger charge is 2.17. The Morgan fingerprint density at radius 2 is 1.94 bits per heavy atom. The van der Waals surface area contributed by atoms with Gasteiger partial charge in [-0.25, -0.2) is 0 Å². The number of carbonyl (C=O) groups is 2. The number of benzene rings is 1. The summed E-state index contributed by atoms with van der Waals surface area (Å²) >= 11 is 0. The summed E-state index contributed by atoms with van der Waals surface area (Å²) in [5.41, 5.74) is 1.39. The minimum atomic E-state index is -0.595. The molecule has 0 aliphatic rings. The van der Waals surface area contributed by atoms with Gasteiger partial charge in [0.2, 0.25) is 5.78 Å². The third-order valence-electron chi connectivity index (χ3n) is 2.60. The van der Waals surface area contributed by atoms with Crippen molar-refractivity contribution in [1.82, 2.24) is 4.98 Å². The molecule has 0 atom stereocenters. The topological polar surface area (TPSA) is 59.1 Å². The van der Waals surface area contributed by atoms with E-state index in [1.165, 1.54) is 0 Å². The first kappa shape index (κ1) is 12.2. The van der Waals surface area contributed by atoms with Crippen LogP contribution < -0.4 is 5.32 Å². The first-order valence-corrected chi connectivity index (χ1v) is 5.78. The Bertz CT molecular complexity index is 606. The second-order valence-electron chi connectivity index (χ2n) is 4.39. The van der Waals surface area contributed by atoms with Crippen LogP contribution in [0.15, 0.2) is 36.5 Å². The zero-order valence-corrected chi connectivity index (χ0v) is 10.3. The number of nitrogens with zero attached hydrogens (tertiary/aromatic N) is 1. The zero-order chi connectivity index (χ0) is 13.1. The van der Waals surface area contributed by atoms with Crippen molar-refractivity contribution < 1.29 is 9.59 Å². The number of fused-ring (bicyclic) bond motifs is 1. The van der Waals surface area contributed by atoms with Crippen molar-refractivity contribution in [2.75, 3.05) is 5.32 Å². The number of para-hydroxylation sites is 1. The lowest BCUT2D eigenvalue weighted by molar-refractivity contribution is -0.136. The molecule has 1 heterocycles. The number of pyridine rings is 1. The third-order valence-corrected chi connectivity index (χ3v) is 2.60. The molecule has 18 heavy (non-hydrogen) atoms. The van der Waals surface area contributed by atoms with E-state index in [-0.39, 0.29) is 5.92 Å². The Labute approximate surface area is 105 Å². The molecule has 0 saturated heterocycles. The van der Waals surface area contributed by atoms with Crippen molar-refractivity contribution in [3.05, 3.63) is 36.5 Å². The van der Waals surface area contributed by atoms with Crippen LogP contribution in [0.3, 0.4) is 0 Å². The first-order chi connectivity index (χ1) is 8.58.